The van der Waals surface area contributed by atoms with Crippen LogP contribution in [-0.2, 0) is 4.74 Å². The molecule has 3 nitrogen and oxygen atoms in total. The Labute approximate surface area is 106 Å². The highest BCUT2D eigenvalue weighted by Crippen LogP contribution is 2.26. The normalized spacial score (nSPS) is 10.1. The summed E-state index contributed by atoms with van der Waals surface area (Å²) in [5, 5.41) is 9.59. The topological polar surface area (TPSA) is 46.5 Å². The van der Waals surface area contributed by atoms with E-state index in [4.69, 9.17) is 0 Å². The van der Waals surface area contributed by atoms with E-state index in [0.717, 1.165) is 16.7 Å². The number of carbonyl (C=O) groups is 1. The number of ether oxygens (including phenoxy) is 1. The standard InChI is InChI=1S/C15H14O3/c1-10-6-13(9-14(16)7-10)11-4-3-5-12(8-11)15(17)18-2/h3-9,16H,1-2H3. The van der Waals surface area contributed by atoms with Gasteiger partial charge in [0.1, 0.15) is 5.75 Å². The number of esters is 1. The van der Waals surface area contributed by atoms with Crippen LogP contribution in [0.3, 0.4) is 0 Å². The molecule has 3 heteroatoms. The van der Waals surface area contributed by atoms with Crippen molar-refractivity contribution in [3.63, 3.8) is 0 Å². The average Bonchev–Trinajstić information content (AvgIpc) is 2.37. The maximum Gasteiger partial charge on any atom is 0.337 e. The van der Waals surface area contributed by atoms with E-state index in [1.807, 2.05) is 19.1 Å². The zero-order chi connectivity index (χ0) is 13.1. The van der Waals surface area contributed by atoms with E-state index >= 15 is 0 Å². The van der Waals surface area contributed by atoms with Gasteiger partial charge in [-0.15, -0.1) is 0 Å². The summed E-state index contributed by atoms with van der Waals surface area (Å²) in [7, 11) is 1.35. The Morgan fingerprint density at radius 1 is 1.11 bits per heavy atom. The zero-order valence-electron chi connectivity index (χ0n) is 10.3. The molecule has 0 unspecified atom stereocenters. The summed E-state index contributed by atoms with van der Waals surface area (Å²) in [6, 6.07) is 12.4. The van der Waals surface area contributed by atoms with Crippen LogP contribution in [0.5, 0.6) is 5.75 Å². The molecule has 2 aromatic rings. The number of carbonyl (C=O) groups excluding carboxylic acids is 1. The molecule has 0 aliphatic carbocycles. The smallest absolute Gasteiger partial charge is 0.337 e. The summed E-state index contributed by atoms with van der Waals surface area (Å²) >= 11 is 0. The van der Waals surface area contributed by atoms with Crippen molar-refractivity contribution in [3.8, 4) is 16.9 Å². The lowest BCUT2D eigenvalue weighted by Gasteiger charge is -2.06. The molecular weight excluding hydrogens is 228 g/mol. The molecule has 2 aromatic carbocycles. The molecule has 0 aliphatic heterocycles. The Balaban J connectivity index is 2.47. The first-order valence-corrected chi connectivity index (χ1v) is 5.59. The van der Waals surface area contributed by atoms with Crippen molar-refractivity contribution in [2.24, 2.45) is 0 Å². The molecule has 18 heavy (non-hydrogen) atoms. The molecule has 0 saturated heterocycles. The monoisotopic (exact) mass is 242 g/mol. The molecular formula is C15H14O3. The number of hydrogen-bond acceptors (Lipinski definition) is 3. The van der Waals surface area contributed by atoms with Gasteiger partial charge in [-0.2, -0.15) is 0 Å². The summed E-state index contributed by atoms with van der Waals surface area (Å²) in [6.07, 6.45) is 0. The van der Waals surface area contributed by atoms with Crippen LogP contribution >= 0.6 is 0 Å². The highest BCUT2D eigenvalue weighted by atomic mass is 16.5. The molecule has 1 N–H and O–H groups in total. The first kappa shape index (κ1) is 12.2. The summed E-state index contributed by atoms with van der Waals surface area (Å²) in [5.41, 5.74) is 3.21. The van der Waals surface area contributed by atoms with Crippen LogP contribution in [0.2, 0.25) is 0 Å². The summed E-state index contributed by atoms with van der Waals surface area (Å²) in [4.78, 5) is 11.5. The van der Waals surface area contributed by atoms with E-state index in [0.29, 0.717) is 5.56 Å². The molecule has 0 heterocycles. The minimum atomic E-state index is -0.367. The lowest BCUT2D eigenvalue weighted by atomic mass is 10.0. The van der Waals surface area contributed by atoms with Crippen LogP contribution in [-0.4, -0.2) is 18.2 Å². The fourth-order valence-electron chi connectivity index (χ4n) is 1.87. The minimum absolute atomic E-state index is 0.216. The Morgan fingerprint density at radius 2 is 1.89 bits per heavy atom. The molecule has 0 radical (unpaired) electrons. The lowest BCUT2D eigenvalue weighted by Crippen LogP contribution is -2.00. The first-order chi connectivity index (χ1) is 8.60. The SMILES string of the molecule is COC(=O)c1cccc(-c2cc(C)cc(O)c2)c1. The lowest BCUT2D eigenvalue weighted by molar-refractivity contribution is 0.0601. The van der Waals surface area contributed by atoms with Gasteiger partial charge in [0.15, 0.2) is 0 Å². The number of methoxy groups -OCH3 is 1. The summed E-state index contributed by atoms with van der Waals surface area (Å²) < 4.78 is 4.69. The predicted molar refractivity (Wildman–Crippen MR) is 69.6 cm³/mol. The molecule has 0 saturated carbocycles. The highest BCUT2D eigenvalue weighted by Gasteiger charge is 2.07. The van der Waals surface area contributed by atoms with Crippen molar-refractivity contribution in [2.75, 3.05) is 7.11 Å². The highest BCUT2D eigenvalue weighted by molar-refractivity contribution is 5.91. The van der Waals surface area contributed by atoms with Gasteiger partial charge >= 0.3 is 5.97 Å². The molecule has 2 rings (SSSR count). The van der Waals surface area contributed by atoms with Crippen LogP contribution in [0, 0.1) is 6.92 Å². The second-order valence-electron chi connectivity index (χ2n) is 4.13. The molecule has 0 aromatic heterocycles. The molecule has 0 atom stereocenters. The number of phenolic OH excluding ortho intramolecular Hbond substituents is 1. The molecule has 0 fully saturated rings. The number of hydrogen-bond donors (Lipinski definition) is 1. The average molecular weight is 242 g/mol. The van der Waals surface area contributed by atoms with Crippen molar-refractivity contribution in [3.05, 3.63) is 53.6 Å². The van der Waals surface area contributed by atoms with Crippen molar-refractivity contribution in [2.45, 2.75) is 6.92 Å². The van der Waals surface area contributed by atoms with Gasteiger partial charge in [-0.25, -0.2) is 4.79 Å². The third-order valence-corrected chi connectivity index (χ3v) is 2.68. The number of rotatable bonds is 2. The molecule has 0 spiro atoms. The Hall–Kier alpha value is -2.29. The number of benzene rings is 2. The van der Waals surface area contributed by atoms with E-state index in [1.54, 1.807) is 30.3 Å². The first-order valence-electron chi connectivity index (χ1n) is 5.59. The van der Waals surface area contributed by atoms with Gasteiger partial charge in [0.2, 0.25) is 0 Å². The van der Waals surface area contributed by atoms with E-state index in [2.05, 4.69) is 4.74 Å². The largest absolute Gasteiger partial charge is 0.508 e. The van der Waals surface area contributed by atoms with Gasteiger partial charge in [-0.3, -0.25) is 0 Å². The molecule has 0 aliphatic rings. The van der Waals surface area contributed by atoms with Crippen LogP contribution in [0.4, 0.5) is 0 Å². The van der Waals surface area contributed by atoms with Gasteiger partial charge < -0.3 is 9.84 Å². The van der Waals surface area contributed by atoms with Crippen LogP contribution in [0.15, 0.2) is 42.5 Å². The van der Waals surface area contributed by atoms with Gasteiger partial charge in [-0.05, 0) is 47.9 Å². The predicted octanol–water partition coefficient (Wildman–Crippen LogP) is 3.15. The second kappa shape index (κ2) is 4.92. The van der Waals surface area contributed by atoms with Crippen molar-refractivity contribution < 1.29 is 14.6 Å². The Kier molecular flexibility index (Phi) is 3.33. The third kappa shape index (κ3) is 2.51. The van der Waals surface area contributed by atoms with E-state index in [9.17, 15) is 9.90 Å². The van der Waals surface area contributed by atoms with E-state index < -0.39 is 0 Å². The summed E-state index contributed by atoms with van der Waals surface area (Å²) in [6.45, 7) is 1.91. The molecule has 92 valence electrons. The van der Waals surface area contributed by atoms with Gasteiger partial charge in [0.25, 0.3) is 0 Å². The molecule has 0 bridgehead atoms. The Morgan fingerprint density at radius 3 is 2.56 bits per heavy atom. The maximum atomic E-state index is 11.5. The van der Waals surface area contributed by atoms with Gasteiger partial charge in [0, 0.05) is 0 Å². The van der Waals surface area contributed by atoms with Gasteiger partial charge in [-0.1, -0.05) is 18.2 Å². The van der Waals surface area contributed by atoms with Crippen molar-refractivity contribution >= 4 is 5.97 Å². The van der Waals surface area contributed by atoms with Crippen LogP contribution < -0.4 is 0 Å². The number of aryl methyl sites for hydroxylation is 1. The summed E-state index contributed by atoms with van der Waals surface area (Å²) in [5.74, 6) is -0.151. The zero-order valence-corrected chi connectivity index (χ0v) is 10.3. The fraction of sp³-hybridized carbons (Fsp3) is 0.133. The minimum Gasteiger partial charge on any atom is -0.508 e. The fourth-order valence-corrected chi connectivity index (χ4v) is 1.87. The third-order valence-electron chi connectivity index (χ3n) is 2.68. The van der Waals surface area contributed by atoms with Gasteiger partial charge in [0.05, 0.1) is 12.7 Å². The number of phenols is 1. The Bertz CT molecular complexity index is 568. The van der Waals surface area contributed by atoms with Crippen LogP contribution in [0.1, 0.15) is 15.9 Å². The number of aromatic hydroxyl groups is 1. The van der Waals surface area contributed by atoms with Crippen molar-refractivity contribution in [1.29, 1.82) is 0 Å². The van der Waals surface area contributed by atoms with Crippen molar-refractivity contribution in [1.82, 2.24) is 0 Å². The second-order valence-corrected chi connectivity index (χ2v) is 4.13. The van der Waals surface area contributed by atoms with E-state index in [1.165, 1.54) is 7.11 Å². The quantitative estimate of drug-likeness (QED) is 0.823. The van der Waals surface area contributed by atoms with E-state index in [-0.39, 0.29) is 11.7 Å². The maximum absolute atomic E-state index is 11.5. The van der Waals surface area contributed by atoms with Crippen LogP contribution in [0.25, 0.3) is 11.1 Å². The molecule has 0 amide bonds.